The number of oxazole rings is 2. The summed E-state index contributed by atoms with van der Waals surface area (Å²) < 4.78 is 13.5. The molecular weight excluding hydrogens is 510 g/mol. The lowest BCUT2D eigenvalue weighted by atomic mass is 10.5. The molecule has 0 saturated carbocycles. The lowest BCUT2D eigenvalue weighted by Gasteiger charge is -1.54. The van der Waals surface area contributed by atoms with Crippen LogP contribution in [0.1, 0.15) is 6.42 Å². The third-order valence-electron chi connectivity index (χ3n) is 3.46. The zero-order valence-corrected chi connectivity index (χ0v) is 21.8. The number of furan rings is 1. The summed E-state index contributed by atoms with van der Waals surface area (Å²) in [6.45, 7) is 0. The van der Waals surface area contributed by atoms with Crippen molar-refractivity contribution in [2.45, 2.75) is 6.42 Å². The molecule has 208 valence electrons. The lowest BCUT2D eigenvalue weighted by molar-refractivity contribution is 0.557. The molecule has 4 N–H and O–H groups in total. The first-order valence-electron chi connectivity index (χ1n) is 11.8. The topological polar surface area (TPSA) is 166 Å². The normalized spacial score (nSPS) is 9.20. The van der Waals surface area contributed by atoms with Crippen LogP contribution in [0.2, 0.25) is 0 Å². The first-order valence-corrected chi connectivity index (χ1v) is 11.8. The van der Waals surface area contributed by atoms with Gasteiger partial charge in [-0.3, -0.25) is 10.1 Å². The smallest absolute Gasteiger partial charge is 0.180 e. The van der Waals surface area contributed by atoms with Crippen LogP contribution in [0.15, 0.2) is 179 Å². The average molecular weight is 544 g/mol. The second-order valence-electron chi connectivity index (χ2n) is 6.39. The summed E-state index contributed by atoms with van der Waals surface area (Å²) in [5.41, 5.74) is 0. The second-order valence-corrected chi connectivity index (χ2v) is 6.39. The van der Waals surface area contributed by atoms with Crippen LogP contribution in [0.5, 0.6) is 0 Å². The van der Waals surface area contributed by atoms with Crippen molar-refractivity contribution in [1.29, 1.82) is 0 Å². The van der Waals surface area contributed by atoms with Gasteiger partial charge in [0.25, 0.3) is 0 Å². The van der Waals surface area contributed by atoms with Crippen molar-refractivity contribution in [3.8, 4) is 0 Å². The van der Waals surface area contributed by atoms with Gasteiger partial charge in [0.1, 0.15) is 12.5 Å². The number of nitrogens with zero attached hydrogens (tertiary/aromatic N) is 5. The van der Waals surface area contributed by atoms with Gasteiger partial charge in [0, 0.05) is 68.4 Å². The summed E-state index contributed by atoms with van der Waals surface area (Å²) in [6, 6.07) is 13.3. The van der Waals surface area contributed by atoms with Crippen molar-refractivity contribution in [1.82, 2.24) is 40.1 Å². The number of rotatable bonds is 0. The summed E-state index contributed by atoms with van der Waals surface area (Å²) in [4.78, 5) is 23.0. The molecule has 0 fully saturated rings. The Bertz CT molecular complexity index is 858. The van der Waals surface area contributed by atoms with Gasteiger partial charge in [0.15, 0.2) is 12.8 Å². The third-order valence-corrected chi connectivity index (χ3v) is 3.46. The second kappa shape index (κ2) is 29.3. The van der Waals surface area contributed by atoms with Gasteiger partial charge in [0.05, 0.1) is 31.2 Å². The quantitative estimate of drug-likeness (QED) is 0.170. The molecule has 0 saturated heterocycles. The number of allylic oxidation sites excluding steroid dienone is 1. The Hall–Kier alpha value is -5.91. The highest BCUT2D eigenvalue weighted by Gasteiger charge is 1.73. The largest absolute Gasteiger partial charge is 0.473 e. The molecule has 0 atom stereocenters. The van der Waals surface area contributed by atoms with E-state index >= 15 is 0 Å². The van der Waals surface area contributed by atoms with E-state index in [0.717, 1.165) is 6.42 Å². The monoisotopic (exact) mass is 543 g/mol. The highest BCUT2D eigenvalue weighted by molar-refractivity contribution is 5.62. The van der Waals surface area contributed by atoms with E-state index in [1.165, 1.54) is 25.3 Å². The van der Waals surface area contributed by atoms with E-state index in [9.17, 15) is 0 Å². The Labute approximate surface area is 232 Å². The van der Waals surface area contributed by atoms with E-state index in [4.69, 9.17) is 0 Å². The van der Waals surface area contributed by atoms with E-state index in [-0.39, 0.29) is 0 Å². The number of hydrogen-bond acceptors (Lipinski definition) is 8. The molecule has 1 aliphatic rings. The fraction of sp³-hybridized carbons (Fsp3) is 0.0357. The standard InChI is InChI=1S/3C4H5N.C4H4O.2C3H4N2.2C3H3NO/c4*1-2-4-5-3-1;1-2-5-3-4-1;1-2-4-5-3-1;2*1-2-5-3-4-1/h1,3-4H,2H2;2*1-5H;1-4H;2*1-3H,(H,4,5);2*1-3H. The van der Waals surface area contributed by atoms with Gasteiger partial charge in [-0.15, -0.1) is 0 Å². The number of nitrogens with one attached hydrogen (secondary N) is 4. The predicted octanol–water partition coefficient (Wildman–Crippen LogP) is 6.45. The molecule has 0 aromatic carbocycles. The summed E-state index contributed by atoms with van der Waals surface area (Å²) in [7, 11) is 0. The first-order chi connectivity index (χ1) is 20.0. The Balaban J connectivity index is 0.000000229. The summed E-state index contributed by atoms with van der Waals surface area (Å²) in [6.07, 6.45) is 35.0. The summed E-state index contributed by atoms with van der Waals surface area (Å²) in [5, 5.41) is 6.21. The Kier molecular flexibility index (Phi) is 23.5. The minimum atomic E-state index is 1.03. The Morgan fingerprint density at radius 1 is 0.525 bits per heavy atom. The molecule has 0 amide bonds. The van der Waals surface area contributed by atoms with Crippen LogP contribution in [0.3, 0.4) is 0 Å². The van der Waals surface area contributed by atoms with Crippen LogP contribution in [-0.4, -0.2) is 46.3 Å². The molecule has 40 heavy (non-hydrogen) atoms. The van der Waals surface area contributed by atoms with Crippen LogP contribution in [-0.2, 0) is 0 Å². The van der Waals surface area contributed by atoms with Crippen LogP contribution in [0.4, 0.5) is 0 Å². The van der Waals surface area contributed by atoms with Gasteiger partial charge < -0.3 is 28.2 Å². The molecule has 0 spiro atoms. The van der Waals surface area contributed by atoms with Gasteiger partial charge >= 0.3 is 0 Å². The maximum atomic E-state index is 4.58. The first kappa shape index (κ1) is 32.1. The lowest BCUT2D eigenvalue weighted by Crippen LogP contribution is -1.53. The number of aromatic amines is 4. The van der Waals surface area contributed by atoms with Crippen molar-refractivity contribution in [2.75, 3.05) is 0 Å². The molecule has 12 heteroatoms. The fourth-order valence-electron chi connectivity index (χ4n) is 1.87. The number of imidazole rings is 1. The van der Waals surface area contributed by atoms with Gasteiger partial charge in [-0.2, -0.15) is 5.10 Å². The molecule has 0 bridgehead atoms. The molecular formula is C28H33N9O3. The number of aromatic nitrogens is 8. The van der Waals surface area contributed by atoms with Crippen LogP contribution in [0, 0.1) is 0 Å². The van der Waals surface area contributed by atoms with Crippen molar-refractivity contribution in [3.05, 3.63) is 161 Å². The van der Waals surface area contributed by atoms with E-state index < -0.39 is 0 Å². The average Bonchev–Trinajstić information content (AvgIpc) is 3.95. The molecule has 7 aromatic rings. The summed E-state index contributed by atoms with van der Waals surface area (Å²) >= 11 is 0. The highest BCUT2D eigenvalue weighted by Crippen LogP contribution is 1.86. The van der Waals surface area contributed by atoms with Crippen molar-refractivity contribution < 1.29 is 13.3 Å². The molecule has 8 rings (SSSR count). The van der Waals surface area contributed by atoms with Crippen molar-refractivity contribution >= 4 is 6.21 Å². The Morgan fingerprint density at radius 3 is 1.32 bits per heavy atom. The predicted molar refractivity (Wildman–Crippen MR) is 153 cm³/mol. The zero-order valence-electron chi connectivity index (χ0n) is 21.8. The number of hydrogen-bond donors (Lipinski definition) is 4. The maximum absolute atomic E-state index is 4.58. The number of aliphatic imine (C=N–C) groups is 1. The SMILES string of the molecule is C1=CN=CC1.c1c[nH]cn1.c1cc[nH]c1.c1cc[nH]c1.c1ccoc1.c1cn[nH]c1.c1cocn1.c1cocn1. The molecule has 7 aromatic heterocycles. The van der Waals surface area contributed by atoms with Gasteiger partial charge in [0.2, 0.25) is 0 Å². The minimum Gasteiger partial charge on any atom is -0.473 e. The Morgan fingerprint density at radius 2 is 1.18 bits per heavy atom. The molecule has 8 heterocycles. The number of H-pyrrole nitrogens is 4. The van der Waals surface area contributed by atoms with Crippen LogP contribution >= 0.6 is 0 Å². The van der Waals surface area contributed by atoms with E-state index in [2.05, 4.69) is 58.3 Å². The molecule has 12 nitrogen and oxygen atoms in total. The van der Waals surface area contributed by atoms with E-state index in [1.807, 2.05) is 79.5 Å². The van der Waals surface area contributed by atoms with Gasteiger partial charge in [-0.25, -0.2) is 15.0 Å². The highest BCUT2D eigenvalue weighted by atomic mass is 16.3. The van der Waals surface area contributed by atoms with Crippen molar-refractivity contribution in [2.24, 2.45) is 4.99 Å². The molecule has 0 radical (unpaired) electrons. The molecule has 0 aliphatic carbocycles. The zero-order chi connectivity index (χ0) is 28.3. The van der Waals surface area contributed by atoms with Crippen LogP contribution in [0.25, 0.3) is 0 Å². The van der Waals surface area contributed by atoms with Crippen LogP contribution < -0.4 is 0 Å². The molecule has 1 aliphatic heterocycles. The van der Waals surface area contributed by atoms with Gasteiger partial charge in [-0.1, -0.05) is 6.08 Å². The third kappa shape index (κ3) is 26.7. The maximum Gasteiger partial charge on any atom is 0.180 e. The van der Waals surface area contributed by atoms with Gasteiger partial charge in [-0.05, 0) is 42.5 Å². The van der Waals surface area contributed by atoms with E-state index in [0.29, 0.717) is 0 Å². The molecule has 0 unspecified atom stereocenters. The van der Waals surface area contributed by atoms with Crippen molar-refractivity contribution in [3.63, 3.8) is 0 Å². The minimum absolute atomic E-state index is 1.03. The van der Waals surface area contributed by atoms with E-state index in [1.54, 1.807) is 62.2 Å². The summed E-state index contributed by atoms with van der Waals surface area (Å²) in [5.74, 6) is 0. The fourth-order valence-corrected chi connectivity index (χ4v) is 1.87.